The van der Waals surface area contributed by atoms with E-state index < -0.39 is 4.92 Å². The molecule has 0 bridgehead atoms. The average molecular weight is 309 g/mol. The summed E-state index contributed by atoms with van der Waals surface area (Å²) in [7, 11) is 0. The number of aliphatic imine (C=N–C) groups is 1. The van der Waals surface area contributed by atoms with Gasteiger partial charge in [0.25, 0.3) is 5.69 Å². The Morgan fingerprint density at radius 1 is 1.25 bits per heavy atom. The second-order valence-electron chi connectivity index (χ2n) is 4.10. The van der Waals surface area contributed by atoms with Crippen LogP contribution in [0.1, 0.15) is 11.1 Å². The van der Waals surface area contributed by atoms with Gasteiger partial charge in [-0.25, -0.2) is 0 Å². The standard InChI is InChI=1S/C14H10Cl2N2O2/c1-9-13(3-2-4-14(9)18(19)20)17-8-10-5-6-11(15)7-12(10)16/h2-8H,1H3. The Morgan fingerprint density at radius 2 is 2.00 bits per heavy atom. The number of benzene rings is 2. The molecule has 6 heteroatoms. The zero-order chi connectivity index (χ0) is 14.7. The highest BCUT2D eigenvalue weighted by atomic mass is 35.5. The van der Waals surface area contributed by atoms with Crippen molar-refractivity contribution in [3.05, 3.63) is 67.7 Å². The van der Waals surface area contributed by atoms with Gasteiger partial charge in [0.1, 0.15) is 0 Å². The Hall–Kier alpha value is -1.91. The zero-order valence-electron chi connectivity index (χ0n) is 10.5. The monoisotopic (exact) mass is 308 g/mol. The van der Waals surface area contributed by atoms with E-state index in [0.29, 0.717) is 26.9 Å². The van der Waals surface area contributed by atoms with Gasteiger partial charge < -0.3 is 0 Å². The molecule has 0 fully saturated rings. The number of hydrogen-bond acceptors (Lipinski definition) is 3. The van der Waals surface area contributed by atoms with Crippen LogP contribution in [0.15, 0.2) is 41.4 Å². The molecule has 0 atom stereocenters. The third-order valence-corrected chi connectivity index (χ3v) is 3.34. The van der Waals surface area contributed by atoms with Crippen LogP contribution in [0.4, 0.5) is 11.4 Å². The summed E-state index contributed by atoms with van der Waals surface area (Å²) in [5, 5.41) is 11.9. The van der Waals surface area contributed by atoms with Crippen LogP contribution in [0, 0.1) is 17.0 Å². The van der Waals surface area contributed by atoms with E-state index in [-0.39, 0.29) is 5.69 Å². The average Bonchev–Trinajstić information content (AvgIpc) is 2.39. The highest BCUT2D eigenvalue weighted by Gasteiger charge is 2.12. The predicted octanol–water partition coefficient (Wildman–Crippen LogP) is 4.96. The van der Waals surface area contributed by atoms with E-state index in [4.69, 9.17) is 23.2 Å². The minimum absolute atomic E-state index is 0.0434. The van der Waals surface area contributed by atoms with Crippen molar-refractivity contribution in [3.8, 4) is 0 Å². The maximum absolute atomic E-state index is 10.9. The molecule has 0 spiro atoms. The first kappa shape index (κ1) is 14.5. The van der Waals surface area contributed by atoms with Gasteiger partial charge in [-0.05, 0) is 25.1 Å². The molecule has 20 heavy (non-hydrogen) atoms. The van der Waals surface area contributed by atoms with Crippen LogP contribution in [-0.4, -0.2) is 11.1 Å². The smallest absolute Gasteiger partial charge is 0.258 e. The highest BCUT2D eigenvalue weighted by Crippen LogP contribution is 2.27. The lowest BCUT2D eigenvalue weighted by atomic mass is 10.1. The number of hydrogen-bond donors (Lipinski definition) is 0. The summed E-state index contributed by atoms with van der Waals surface area (Å²) in [5.41, 5.74) is 1.79. The van der Waals surface area contributed by atoms with Gasteiger partial charge in [0.15, 0.2) is 0 Å². The molecule has 0 saturated heterocycles. The van der Waals surface area contributed by atoms with Crippen LogP contribution in [0.2, 0.25) is 10.0 Å². The van der Waals surface area contributed by atoms with Crippen LogP contribution < -0.4 is 0 Å². The van der Waals surface area contributed by atoms with Crippen LogP contribution in [0.5, 0.6) is 0 Å². The molecule has 0 amide bonds. The van der Waals surface area contributed by atoms with Gasteiger partial charge in [0, 0.05) is 22.9 Å². The molecular formula is C14H10Cl2N2O2. The van der Waals surface area contributed by atoms with Gasteiger partial charge in [0.2, 0.25) is 0 Å². The number of rotatable bonds is 3. The first-order valence-electron chi connectivity index (χ1n) is 5.72. The fourth-order valence-corrected chi connectivity index (χ4v) is 2.15. The molecule has 0 aromatic heterocycles. The van der Waals surface area contributed by atoms with E-state index in [1.807, 2.05) is 0 Å². The summed E-state index contributed by atoms with van der Waals surface area (Å²) in [5.74, 6) is 0. The molecular weight excluding hydrogens is 299 g/mol. The largest absolute Gasteiger partial charge is 0.274 e. The molecule has 0 unspecified atom stereocenters. The van der Waals surface area contributed by atoms with E-state index >= 15 is 0 Å². The maximum Gasteiger partial charge on any atom is 0.274 e. The predicted molar refractivity (Wildman–Crippen MR) is 81.5 cm³/mol. The van der Waals surface area contributed by atoms with E-state index in [1.54, 1.807) is 43.5 Å². The molecule has 0 aliphatic heterocycles. The number of nitro groups is 1. The lowest BCUT2D eigenvalue weighted by molar-refractivity contribution is -0.385. The van der Waals surface area contributed by atoms with Crippen molar-refractivity contribution in [2.24, 2.45) is 4.99 Å². The minimum Gasteiger partial charge on any atom is -0.258 e. The Kier molecular flexibility index (Phi) is 4.37. The molecule has 0 radical (unpaired) electrons. The third-order valence-electron chi connectivity index (χ3n) is 2.78. The van der Waals surface area contributed by atoms with Crippen LogP contribution in [-0.2, 0) is 0 Å². The van der Waals surface area contributed by atoms with Crippen LogP contribution in [0.3, 0.4) is 0 Å². The Labute approximate surface area is 125 Å². The number of nitro benzene ring substituents is 1. The molecule has 2 aromatic carbocycles. The van der Waals surface area contributed by atoms with Crippen molar-refractivity contribution in [2.75, 3.05) is 0 Å². The first-order chi connectivity index (χ1) is 9.49. The normalized spacial score (nSPS) is 10.9. The van der Waals surface area contributed by atoms with Crippen molar-refractivity contribution in [3.63, 3.8) is 0 Å². The fourth-order valence-electron chi connectivity index (χ4n) is 1.69. The van der Waals surface area contributed by atoms with Gasteiger partial charge in [-0.15, -0.1) is 0 Å². The first-order valence-corrected chi connectivity index (χ1v) is 6.48. The molecule has 0 saturated carbocycles. The third kappa shape index (κ3) is 3.15. The van der Waals surface area contributed by atoms with E-state index in [2.05, 4.69) is 4.99 Å². The summed E-state index contributed by atoms with van der Waals surface area (Å²) in [4.78, 5) is 14.7. The topological polar surface area (TPSA) is 55.5 Å². The van der Waals surface area contributed by atoms with Crippen LogP contribution >= 0.6 is 23.2 Å². The lowest BCUT2D eigenvalue weighted by Crippen LogP contribution is -1.91. The van der Waals surface area contributed by atoms with E-state index in [1.165, 1.54) is 6.07 Å². The Balaban J connectivity index is 2.37. The maximum atomic E-state index is 10.9. The minimum atomic E-state index is -0.427. The lowest BCUT2D eigenvalue weighted by Gasteiger charge is -2.02. The second kappa shape index (κ2) is 6.03. The summed E-state index contributed by atoms with van der Waals surface area (Å²) in [6.07, 6.45) is 1.56. The summed E-state index contributed by atoms with van der Waals surface area (Å²) in [6, 6.07) is 9.81. The van der Waals surface area contributed by atoms with Gasteiger partial charge in [-0.1, -0.05) is 35.3 Å². The van der Waals surface area contributed by atoms with E-state index in [9.17, 15) is 10.1 Å². The van der Waals surface area contributed by atoms with E-state index in [0.717, 1.165) is 0 Å². The number of halogens is 2. The molecule has 102 valence electrons. The highest BCUT2D eigenvalue weighted by molar-refractivity contribution is 6.36. The summed E-state index contributed by atoms with van der Waals surface area (Å²) < 4.78 is 0. The van der Waals surface area contributed by atoms with Crippen molar-refractivity contribution >= 4 is 40.8 Å². The Bertz CT molecular complexity index is 700. The van der Waals surface area contributed by atoms with Gasteiger partial charge in [-0.3, -0.25) is 15.1 Å². The van der Waals surface area contributed by atoms with Crippen molar-refractivity contribution < 1.29 is 4.92 Å². The Morgan fingerprint density at radius 3 is 2.65 bits per heavy atom. The number of nitrogens with zero attached hydrogens (tertiary/aromatic N) is 2. The van der Waals surface area contributed by atoms with Crippen LogP contribution in [0.25, 0.3) is 0 Å². The summed E-state index contributed by atoms with van der Waals surface area (Å²) >= 11 is 11.8. The van der Waals surface area contributed by atoms with Gasteiger partial charge in [0.05, 0.1) is 21.2 Å². The molecule has 0 aliphatic carbocycles. The summed E-state index contributed by atoms with van der Waals surface area (Å²) in [6.45, 7) is 1.66. The van der Waals surface area contributed by atoms with Gasteiger partial charge in [-0.2, -0.15) is 0 Å². The fraction of sp³-hybridized carbons (Fsp3) is 0.0714. The zero-order valence-corrected chi connectivity index (χ0v) is 12.0. The van der Waals surface area contributed by atoms with Crippen molar-refractivity contribution in [1.82, 2.24) is 0 Å². The second-order valence-corrected chi connectivity index (χ2v) is 4.95. The SMILES string of the molecule is Cc1c(N=Cc2ccc(Cl)cc2Cl)cccc1[N+](=O)[O-]. The van der Waals surface area contributed by atoms with Crippen molar-refractivity contribution in [2.45, 2.75) is 6.92 Å². The van der Waals surface area contributed by atoms with Crippen molar-refractivity contribution in [1.29, 1.82) is 0 Å². The molecule has 2 aromatic rings. The molecule has 0 heterocycles. The quantitative estimate of drug-likeness (QED) is 0.457. The molecule has 4 nitrogen and oxygen atoms in total. The van der Waals surface area contributed by atoms with Gasteiger partial charge >= 0.3 is 0 Å². The molecule has 0 N–H and O–H groups in total. The molecule has 0 aliphatic rings. The molecule has 2 rings (SSSR count).